The molecule has 1 saturated carbocycles. The maximum absolute atomic E-state index is 10.1. The zero-order valence-electron chi connectivity index (χ0n) is 17.3. The van der Waals surface area contributed by atoms with Crippen molar-refractivity contribution in [1.29, 1.82) is 0 Å². The molecular weight excluding hydrogens is 400 g/mol. The number of rotatable bonds is 6. The van der Waals surface area contributed by atoms with Crippen LogP contribution in [0, 0.1) is 0 Å². The van der Waals surface area contributed by atoms with E-state index in [-0.39, 0.29) is 18.8 Å². The van der Waals surface area contributed by atoms with E-state index in [4.69, 9.17) is 21.1 Å². The molecule has 0 spiro atoms. The van der Waals surface area contributed by atoms with Gasteiger partial charge in [-0.2, -0.15) is 0 Å². The normalized spacial score (nSPS) is 25.2. The van der Waals surface area contributed by atoms with Crippen molar-refractivity contribution in [1.82, 2.24) is 0 Å². The van der Waals surface area contributed by atoms with Crippen molar-refractivity contribution in [3.8, 4) is 5.75 Å². The molecule has 3 atom stereocenters. The lowest BCUT2D eigenvalue weighted by Gasteiger charge is -2.32. The molecule has 2 fully saturated rings. The highest BCUT2D eigenvalue weighted by molar-refractivity contribution is 6.31. The summed E-state index contributed by atoms with van der Waals surface area (Å²) in [6.07, 6.45) is 7.21. The van der Waals surface area contributed by atoms with Gasteiger partial charge >= 0.3 is 0 Å². The lowest BCUT2D eigenvalue weighted by molar-refractivity contribution is -0.113. The minimum Gasteiger partial charge on any atom is -0.490 e. The first-order valence-electron chi connectivity index (χ1n) is 11.1. The fourth-order valence-corrected chi connectivity index (χ4v) is 4.72. The van der Waals surface area contributed by atoms with Gasteiger partial charge in [0, 0.05) is 17.9 Å². The van der Waals surface area contributed by atoms with E-state index in [0.29, 0.717) is 18.9 Å². The first-order valence-corrected chi connectivity index (χ1v) is 11.5. The molecule has 1 saturated heterocycles. The number of aliphatic hydroxyl groups is 2. The summed E-state index contributed by atoms with van der Waals surface area (Å²) in [6, 6.07) is 14.2. The van der Waals surface area contributed by atoms with Crippen molar-refractivity contribution < 1.29 is 19.7 Å². The number of aliphatic hydroxyl groups excluding tert-OH is 2. The van der Waals surface area contributed by atoms with Crippen LogP contribution in [0.2, 0.25) is 5.02 Å². The number of benzene rings is 2. The highest BCUT2D eigenvalue weighted by atomic mass is 35.5. The van der Waals surface area contributed by atoms with Gasteiger partial charge in [-0.15, -0.1) is 0 Å². The van der Waals surface area contributed by atoms with Gasteiger partial charge in [-0.25, -0.2) is 0 Å². The van der Waals surface area contributed by atoms with Gasteiger partial charge < -0.3 is 19.7 Å². The average molecular weight is 431 g/mol. The fraction of sp³-hybridized carbons (Fsp3) is 0.520. The van der Waals surface area contributed by atoms with Crippen molar-refractivity contribution in [2.24, 2.45) is 0 Å². The molecule has 2 N–H and O–H groups in total. The predicted molar refractivity (Wildman–Crippen MR) is 118 cm³/mol. The Labute approximate surface area is 183 Å². The molecule has 2 aliphatic rings. The summed E-state index contributed by atoms with van der Waals surface area (Å²) in [7, 11) is 0. The summed E-state index contributed by atoms with van der Waals surface area (Å²) in [5.41, 5.74) is 3.19. The molecule has 5 heteroatoms. The molecule has 0 aromatic heterocycles. The minimum atomic E-state index is -0.461. The van der Waals surface area contributed by atoms with Gasteiger partial charge in [-0.3, -0.25) is 0 Å². The Morgan fingerprint density at radius 2 is 1.77 bits per heavy atom. The van der Waals surface area contributed by atoms with Crippen LogP contribution in [0.25, 0.3) is 0 Å². The van der Waals surface area contributed by atoms with E-state index in [1.807, 2.05) is 24.3 Å². The van der Waals surface area contributed by atoms with Crippen LogP contribution in [0.15, 0.2) is 42.5 Å². The quantitative estimate of drug-likeness (QED) is 0.660. The topological polar surface area (TPSA) is 58.9 Å². The highest BCUT2D eigenvalue weighted by Crippen LogP contribution is 2.34. The first-order chi connectivity index (χ1) is 14.6. The van der Waals surface area contributed by atoms with Crippen molar-refractivity contribution in [3.05, 3.63) is 64.2 Å². The third kappa shape index (κ3) is 5.55. The summed E-state index contributed by atoms with van der Waals surface area (Å²) < 4.78 is 12.1. The Kier molecular flexibility index (Phi) is 7.32. The van der Waals surface area contributed by atoms with Gasteiger partial charge in [0.25, 0.3) is 0 Å². The molecule has 1 aliphatic carbocycles. The predicted octanol–water partition coefficient (Wildman–Crippen LogP) is 5.22. The SMILES string of the molecule is OC[C@@H]1C[C@H](O)C[C@H](c2ccc(Cl)c(Cc3ccc(OC4CCCCC4)cc3)c2)O1. The molecule has 2 aromatic rings. The Hall–Kier alpha value is -1.59. The van der Waals surface area contributed by atoms with Crippen molar-refractivity contribution in [3.63, 3.8) is 0 Å². The standard InChI is InChI=1S/C25H31ClO4/c26-24-11-8-18(25-15-20(28)14-23(16-27)30-25)13-19(24)12-17-6-9-22(10-7-17)29-21-4-2-1-3-5-21/h6-11,13,20-21,23,25,27-28H,1-5,12,14-16H2/t20-,23-,25+/m0/s1. The van der Waals surface area contributed by atoms with E-state index in [9.17, 15) is 10.2 Å². The molecular formula is C25H31ClO4. The van der Waals surface area contributed by atoms with E-state index in [1.165, 1.54) is 24.8 Å². The average Bonchev–Trinajstić information content (AvgIpc) is 2.77. The van der Waals surface area contributed by atoms with Gasteiger partial charge in [0.2, 0.25) is 0 Å². The van der Waals surface area contributed by atoms with Crippen molar-refractivity contribution in [2.45, 2.75) is 75.8 Å². The zero-order valence-corrected chi connectivity index (χ0v) is 18.1. The summed E-state index contributed by atoms with van der Waals surface area (Å²) >= 11 is 6.47. The van der Waals surface area contributed by atoms with Gasteiger partial charge in [0.1, 0.15) is 5.75 Å². The van der Waals surface area contributed by atoms with E-state index in [2.05, 4.69) is 18.2 Å². The second-order valence-electron chi connectivity index (χ2n) is 8.60. The van der Waals surface area contributed by atoms with Crippen LogP contribution in [-0.4, -0.2) is 35.1 Å². The molecule has 0 unspecified atom stereocenters. The fourth-order valence-electron chi connectivity index (χ4n) is 4.53. The minimum absolute atomic E-state index is 0.0801. The molecule has 4 nitrogen and oxygen atoms in total. The van der Waals surface area contributed by atoms with Crippen LogP contribution in [0.1, 0.15) is 67.7 Å². The summed E-state index contributed by atoms with van der Waals surface area (Å²) in [6.45, 7) is -0.0801. The van der Waals surface area contributed by atoms with Crippen LogP contribution < -0.4 is 4.74 Å². The lowest BCUT2D eigenvalue weighted by atomic mass is 9.94. The van der Waals surface area contributed by atoms with Gasteiger partial charge in [0.15, 0.2) is 0 Å². The highest BCUT2D eigenvalue weighted by Gasteiger charge is 2.29. The molecule has 0 radical (unpaired) electrons. The Morgan fingerprint density at radius 1 is 1.00 bits per heavy atom. The molecule has 0 bridgehead atoms. The summed E-state index contributed by atoms with van der Waals surface area (Å²) in [5, 5.41) is 20.3. The molecule has 162 valence electrons. The van der Waals surface area contributed by atoms with Gasteiger partial charge in [-0.1, -0.05) is 42.3 Å². The second kappa shape index (κ2) is 10.1. The van der Waals surface area contributed by atoms with Crippen LogP contribution in [0.4, 0.5) is 0 Å². The number of hydrogen-bond acceptors (Lipinski definition) is 4. The molecule has 1 heterocycles. The molecule has 2 aromatic carbocycles. The molecule has 4 rings (SSSR count). The molecule has 0 amide bonds. The van der Waals surface area contributed by atoms with Crippen LogP contribution in [-0.2, 0) is 11.2 Å². The van der Waals surface area contributed by atoms with E-state index >= 15 is 0 Å². The van der Waals surface area contributed by atoms with Gasteiger partial charge in [0.05, 0.1) is 31.0 Å². The first kappa shape index (κ1) is 21.6. The van der Waals surface area contributed by atoms with Gasteiger partial charge in [-0.05, 0) is 67.0 Å². The summed E-state index contributed by atoms with van der Waals surface area (Å²) in [4.78, 5) is 0. The summed E-state index contributed by atoms with van der Waals surface area (Å²) in [5.74, 6) is 0.935. The van der Waals surface area contributed by atoms with E-state index in [1.54, 1.807) is 0 Å². The Morgan fingerprint density at radius 3 is 2.50 bits per heavy atom. The van der Waals surface area contributed by atoms with Crippen LogP contribution >= 0.6 is 11.6 Å². The van der Waals surface area contributed by atoms with E-state index in [0.717, 1.165) is 41.2 Å². The number of ether oxygens (including phenoxy) is 2. The third-order valence-electron chi connectivity index (χ3n) is 6.20. The van der Waals surface area contributed by atoms with Crippen LogP contribution in [0.5, 0.6) is 5.75 Å². The number of halogens is 1. The molecule has 1 aliphatic heterocycles. The largest absolute Gasteiger partial charge is 0.490 e. The van der Waals surface area contributed by atoms with Crippen molar-refractivity contribution >= 4 is 11.6 Å². The number of hydrogen-bond donors (Lipinski definition) is 2. The Bertz CT molecular complexity index is 816. The monoisotopic (exact) mass is 430 g/mol. The maximum Gasteiger partial charge on any atom is 0.119 e. The molecule has 30 heavy (non-hydrogen) atoms. The lowest BCUT2D eigenvalue weighted by Crippen LogP contribution is -2.33. The maximum atomic E-state index is 10.1. The van der Waals surface area contributed by atoms with Crippen molar-refractivity contribution in [2.75, 3.05) is 6.61 Å². The third-order valence-corrected chi connectivity index (χ3v) is 6.56. The van der Waals surface area contributed by atoms with Crippen LogP contribution in [0.3, 0.4) is 0 Å². The Balaban J connectivity index is 1.43. The van der Waals surface area contributed by atoms with E-state index < -0.39 is 6.10 Å². The zero-order chi connectivity index (χ0) is 20.9. The second-order valence-corrected chi connectivity index (χ2v) is 9.01. The smallest absolute Gasteiger partial charge is 0.119 e.